The third-order valence-electron chi connectivity index (χ3n) is 3.84. The number of rotatable bonds is 4. The molecule has 0 amide bonds. The summed E-state index contributed by atoms with van der Waals surface area (Å²) in [5.74, 6) is 2.16. The first-order valence-corrected chi connectivity index (χ1v) is 7.43. The Morgan fingerprint density at radius 3 is 2.38 bits per heavy atom. The van der Waals surface area contributed by atoms with Crippen LogP contribution in [0.15, 0.2) is 36.1 Å². The van der Waals surface area contributed by atoms with Crippen molar-refractivity contribution in [2.45, 2.75) is 6.92 Å². The number of hydrogen-bond acceptors (Lipinski definition) is 5. The van der Waals surface area contributed by atoms with Gasteiger partial charge in [0.25, 0.3) is 0 Å². The Labute approximate surface area is 140 Å². The van der Waals surface area contributed by atoms with E-state index in [0.29, 0.717) is 34.1 Å². The first-order chi connectivity index (χ1) is 11.6. The maximum atomic E-state index is 12.5. The summed E-state index contributed by atoms with van der Waals surface area (Å²) >= 11 is 0. The molecule has 0 spiro atoms. The Hall–Kier alpha value is -2.95. The van der Waals surface area contributed by atoms with Gasteiger partial charge in [0.1, 0.15) is 5.75 Å². The third kappa shape index (κ3) is 2.58. The lowest BCUT2D eigenvalue weighted by molar-refractivity contribution is 0.101. The minimum Gasteiger partial charge on any atom is -0.493 e. The highest BCUT2D eigenvalue weighted by atomic mass is 16.5. The maximum absolute atomic E-state index is 12.5. The van der Waals surface area contributed by atoms with Gasteiger partial charge in [-0.25, -0.2) is 0 Å². The highest BCUT2D eigenvalue weighted by molar-refractivity contribution is 6.14. The number of aryl methyl sites for hydroxylation is 1. The fourth-order valence-electron chi connectivity index (χ4n) is 2.68. The van der Waals surface area contributed by atoms with Gasteiger partial charge in [0.2, 0.25) is 11.5 Å². The highest BCUT2D eigenvalue weighted by Crippen LogP contribution is 2.41. The van der Waals surface area contributed by atoms with E-state index in [-0.39, 0.29) is 11.5 Å². The number of ether oxygens (including phenoxy) is 4. The number of methoxy groups -OCH3 is 3. The van der Waals surface area contributed by atoms with Crippen LogP contribution in [0.5, 0.6) is 23.0 Å². The number of benzene rings is 2. The van der Waals surface area contributed by atoms with Gasteiger partial charge in [-0.15, -0.1) is 0 Å². The van der Waals surface area contributed by atoms with Crippen LogP contribution in [-0.2, 0) is 0 Å². The molecular formula is C19H18O5. The molecule has 0 bridgehead atoms. The topological polar surface area (TPSA) is 54.0 Å². The van der Waals surface area contributed by atoms with Gasteiger partial charge >= 0.3 is 0 Å². The molecule has 124 valence electrons. The zero-order valence-corrected chi connectivity index (χ0v) is 14.0. The van der Waals surface area contributed by atoms with E-state index >= 15 is 0 Å². The largest absolute Gasteiger partial charge is 0.493 e. The Balaban J connectivity index is 2.06. The Kier molecular flexibility index (Phi) is 4.16. The van der Waals surface area contributed by atoms with Crippen molar-refractivity contribution in [3.05, 3.63) is 52.8 Å². The lowest BCUT2D eigenvalue weighted by Gasteiger charge is -2.14. The second-order valence-corrected chi connectivity index (χ2v) is 5.36. The van der Waals surface area contributed by atoms with Gasteiger partial charge in [0.15, 0.2) is 17.3 Å². The molecule has 0 unspecified atom stereocenters. The first-order valence-electron chi connectivity index (χ1n) is 7.43. The number of hydrogen-bond donors (Lipinski definition) is 0. The summed E-state index contributed by atoms with van der Waals surface area (Å²) in [6.45, 7) is 1.94. The number of fused-ring (bicyclic) bond motifs is 1. The van der Waals surface area contributed by atoms with Gasteiger partial charge in [0, 0.05) is 5.56 Å². The molecule has 0 N–H and O–H groups in total. The average Bonchev–Trinajstić information content (AvgIpc) is 2.90. The second-order valence-electron chi connectivity index (χ2n) is 5.36. The zero-order valence-electron chi connectivity index (χ0n) is 14.0. The van der Waals surface area contributed by atoms with Gasteiger partial charge in [0.05, 0.1) is 26.9 Å². The first kappa shape index (κ1) is 15.9. The van der Waals surface area contributed by atoms with E-state index in [9.17, 15) is 4.79 Å². The fourth-order valence-corrected chi connectivity index (χ4v) is 2.68. The maximum Gasteiger partial charge on any atom is 0.231 e. The highest BCUT2D eigenvalue weighted by Gasteiger charge is 2.28. The van der Waals surface area contributed by atoms with Crippen molar-refractivity contribution in [2.24, 2.45) is 0 Å². The quantitative estimate of drug-likeness (QED) is 0.803. The second kappa shape index (κ2) is 6.28. The van der Waals surface area contributed by atoms with Crippen LogP contribution in [0.4, 0.5) is 0 Å². The molecule has 0 saturated carbocycles. The van der Waals surface area contributed by atoms with E-state index in [0.717, 1.165) is 5.56 Å². The Morgan fingerprint density at radius 2 is 1.71 bits per heavy atom. The van der Waals surface area contributed by atoms with E-state index in [1.807, 2.05) is 19.1 Å². The molecule has 1 aliphatic rings. The van der Waals surface area contributed by atoms with Crippen molar-refractivity contribution in [3.8, 4) is 23.0 Å². The van der Waals surface area contributed by atoms with Crippen molar-refractivity contribution in [1.29, 1.82) is 0 Å². The number of Topliss-reactive ketones (excluding diaryl/α,β-unsaturated/α-hetero) is 1. The average molecular weight is 326 g/mol. The molecule has 0 aliphatic carbocycles. The SMILES string of the molecule is COc1ccc(/C=C2\Oc3ccc(C)cc3C2=O)c(OC)c1OC. The predicted octanol–water partition coefficient (Wildman–Crippen LogP) is 3.64. The molecule has 1 aliphatic heterocycles. The molecule has 3 rings (SSSR count). The standard InChI is InChI=1S/C19H18O5/c1-11-5-7-14-13(9-11)17(20)16(24-14)10-12-6-8-15(21-2)19(23-4)18(12)22-3/h5-10H,1-4H3/b16-10-. The van der Waals surface area contributed by atoms with Crippen molar-refractivity contribution in [1.82, 2.24) is 0 Å². The Bertz CT molecular complexity index is 836. The number of ketones is 1. The molecule has 2 aromatic rings. The lowest BCUT2D eigenvalue weighted by atomic mass is 10.1. The molecule has 0 atom stereocenters. The van der Waals surface area contributed by atoms with E-state index in [1.165, 1.54) is 14.2 Å². The van der Waals surface area contributed by atoms with Gasteiger partial charge in [-0.2, -0.15) is 0 Å². The van der Waals surface area contributed by atoms with Crippen LogP contribution in [0.1, 0.15) is 21.5 Å². The van der Waals surface area contributed by atoms with Crippen molar-refractivity contribution < 1.29 is 23.7 Å². The van der Waals surface area contributed by atoms with Crippen LogP contribution in [0, 0.1) is 6.92 Å². The summed E-state index contributed by atoms with van der Waals surface area (Å²) in [6.07, 6.45) is 1.65. The van der Waals surface area contributed by atoms with Crippen molar-refractivity contribution in [3.63, 3.8) is 0 Å². The monoisotopic (exact) mass is 326 g/mol. The number of carbonyl (C=O) groups excluding carboxylic acids is 1. The van der Waals surface area contributed by atoms with E-state index in [4.69, 9.17) is 18.9 Å². The number of allylic oxidation sites excluding steroid dienone is 1. The van der Waals surface area contributed by atoms with Crippen LogP contribution in [0.2, 0.25) is 0 Å². The van der Waals surface area contributed by atoms with Gasteiger partial charge in [-0.1, -0.05) is 11.6 Å². The number of carbonyl (C=O) groups is 1. The fraction of sp³-hybridized carbons (Fsp3) is 0.211. The molecule has 5 heteroatoms. The molecular weight excluding hydrogens is 308 g/mol. The molecule has 0 radical (unpaired) electrons. The molecule has 2 aromatic carbocycles. The smallest absolute Gasteiger partial charge is 0.231 e. The van der Waals surface area contributed by atoms with Crippen molar-refractivity contribution >= 4 is 11.9 Å². The van der Waals surface area contributed by atoms with E-state index in [2.05, 4.69) is 0 Å². The molecule has 1 heterocycles. The van der Waals surface area contributed by atoms with Crippen LogP contribution in [-0.4, -0.2) is 27.1 Å². The summed E-state index contributed by atoms with van der Waals surface area (Å²) in [5.41, 5.74) is 2.25. The third-order valence-corrected chi connectivity index (χ3v) is 3.84. The summed E-state index contributed by atoms with van der Waals surface area (Å²) < 4.78 is 21.8. The summed E-state index contributed by atoms with van der Waals surface area (Å²) in [7, 11) is 4.62. The van der Waals surface area contributed by atoms with Gasteiger partial charge in [-0.05, 0) is 37.3 Å². The molecule has 0 fully saturated rings. The van der Waals surface area contributed by atoms with Crippen LogP contribution in [0.25, 0.3) is 6.08 Å². The molecule has 0 aromatic heterocycles. The van der Waals surface area contributed by atoms with E-state index < -0.39 is 0 Å². The molecule has 24 heavy (non-hydrogen) atoms. The molecule has 0 saturated heterocycles. The predicted molar refractivity (Wildman–Crippen MR) is 90.2 cm³/mol. The van der Waals surface area contributed by atoms with Crippen LogP contribution >= 0.6 is 0 Å². The summed E-state index contributed by atoms with van der Waals surface area (Å²) in [4.78, 5) is 12.5. The minimum atomic E-state index is -0.148. The van der Waals surface area contributed by atoms with Gasteiger partial charge in [-0.3, -0.25) is 4.79 Å². The van der Waals surface area contributed by atoms with E-state index in [1.54, 1.807) is 31.4 Å². The molecule has 5 nitrogen and oxygen atoms in total. The normalized spacial score (nSPS) is 14.3. The Morgan fingerprint density at radius 1 is 0.958 bits per heavy atom. The van der Waals surface area contributed by atoms with Crippen molar-refractivity contribution in [2.75, 3.05) is 21.3 Å². The van der Waals surface area contributed by atoms with Crippen LogP contribution in [0.3, 0.4) is 0 Å². The zero-order chi connectivity index (χ0) is 17.3. The van der Waals surface area contributed by atoms with Gasteiger partial charge < -0.3 is 18.9 Å². The van der Waals surface area contributed by atoms with Crippen LogP contribution < -0.4 is 18.9 Å². The minimum absolute atomic E-state index is 0.148. The lowest BCUT2D eigenvalue weighted by Crippen LogP contribution is -2.00. The summed E-state index contributed by atoms with van der Waals surface area (Å²) in [6, 6.07) is 9.08. The summed E-state index contributed by atoms with van der Waals surface area (Å²) in [5, 5.41) is 0.